The molecule has 4 saturated carbocycles. The Bertz CT molecular complexity index is 472. The zero-order chi connectivity index (χ0) is 14.7. The van der Waals surface area contributed by atoms with Crippen LogP contribution in [0, 0.1) is 27.4 Å². The van der Waals surface area contributed by atoms with E-state index in [1.807, 2.05) is 4.90 Å². The molecule has 0 aromatic heterocycles. The van der Waals surface area contributed by atoms with Crippen molar-refractivity contribution in [2.24, 2.45) is 17.3 Å². The van der Waals surface area contributed by atoms with Gasteiger partial charge in [0.1, 0.15) is 0 Å². The molecule has 4 aliphatic carbocycles. The Morgan fingerprint density at radius 3 is 2.33 bits per heavy atom. The second-order valence-electron chi connectivity index (χ2n) is 7.63. The van der Waals surface area contributed by atoms with E-state index in [-0.39, 0.29) is 10.8 Å². The summed E-state index contributed by atoms with van der Waals surface area (Å²) in [6.45, 7) is 2.47. The first-order chi connectivity index (χ1) is 10.0. The third kappa shape index (κ3) is 1.91. The van der Waals surface area contributed by atoms with E-state index >= 15 is 0 Å². The van der Waals surface area contributed by atoms with Crippen molar-refractivity contribution in [3.05, 3.63) is 10.1 Å². The van der Waals surface area contributed by atoms with E-state index in [1.165, 1.54) is 0 Å². The van der Waals surface area contributed by atoms with E-state index in [0.29, 0.717) is 57.4 Å². The van der Waals surface area contributed by atoms with Gasteiger partial charge in [0.05, 0.1) is 18.6 Å². The van der Waals surface area contributed by atoms with Gasteiger partial charge in [0.25, 0.3) is 0 Å². The average molecular weight is 294 g/mol. The molecule has 0 radical (unpaired) electrons. The summed E-state index contributed by atoms with van der Waals surface area (Å²) in [6, 6.07) is 0. The minimum atomic E-state index is -0.813. The fourth-order valence-corrected chi connectivity index (χ4v) is 5.78. The van der Waals surface area contributed by atoms with Gasteiger partial charge >= 0.3 is 0 Å². The molecule has 0 aromatic rings. The first-order valence-electron chi connectivity index (χ1n) is 8.05. The largest absolute Gasteiger partial charge is 0.378 e. The van der Waals surface area contributed by atoms with E-state index in [0.717, 1.165) is 19.3 Å². The molecular weight excluding hydrogens is 272 g/mol. The van der Waals surface area contributed by atoms with Crippen molar-refractivity contribution in [3.63, 3.8) is 0 Å². The SMILES string of the molecule is O=C(N1CCOCC1)C12CC3CC(C1)CC([N+](=O)[O-])(C3)C2. The lowest BCUT2D eigenvalue weighted by molar-refractivity contribution is -0.590. The summed E-state index contributed by atoms with van der Waals surface area (Å²) in [6.07, 6.45) is 4.68. The number of rotatable bonds is 2. The molecule has 21 heavy (non-hydrogen) atoms. The van der Waals surface area contributed by atoms with Gasteiger partial charge in [-0.3, -0.25) is 14.9 Å². The molecule has 5 aliphatic rings. The van der Waals surface area contributed by atoms with Crippen LogP contribution in [-0.4, -0.2) is 47.6 Å². The molecule has 1 saturated heterocycles. The van der Waals surface area contributed by atoms with Crippen LogP contribution in [0.4, 0.5) is 0 Å². The number of carbonyl (C=O) groups is 1. The Hall–Kier alpha value is -1.17. The van der Waals surface area contributed by atoms with Gasteiger partial charge in [-0.25, -0.2) is 0 Å². The predicted octanol–water partition coefficient (Wildman–Crippen LogP) is 1.46. The van der Waals surface area contributed by atoms with E-state index in [4.69, 9.17) is 4.74 Å². The lowest BCUT2D eigenvalue weighted by Gasteiger charge is -2.57. The molecule has 1 amide bonds. The normalized spacial score (nSPS) is 44.9. The quantitative estimate of drug-likeness (QED) is 0.571. The van der Waals surface area contributed by atoms with Crippen molar-refractivity contribution in [1.29, 1.82) is 0 Å². The van der Waals surface area contributed by atoms with Crippen LogP contribution in [0.15, 0.2) is 0 Å². The highest BCUT2D eigenvalue weighted by atomic mass is 16.6. The zero-order valence-corrected chi connectivity index (χ0v) is 12.3. The third-order valence-corrected chi connectivity index (χ3v) is 6.17. The smallest absolute Gasteiger partial charge is 0.229 e. The maximum atomic E-state index is 13.1. The van der Waals surface area contributed by atoms with Crippen LogP contribution in [0.25, 0.3) is 0 Å². The summed E-state index contributed by atoms with van der Waals surface area (Å²) in [5.74, 6) is 0.925. The number of morpholine rings is 1. The number of hydrogen-bond acceptors (Lipinski definition) is 4. The van der Waals surface area contributed by atoms with E-state index in [2.05, 4.69) is 0 Å². The van der Waals surface area contributed by atoms with Gasteiger partial charge in [-0.15, -0.1) is 0 Å². The number of ether oxygens (including phenoxy) is 1. The highest BCUT2D eigenvalue weighted by Gasteiger charge is 2.66. The van der Waals surface area contributed by atoms with Gasteiger partial charge in [0.2, 0.25) is 11.4 Å². The Balaban J connectivity index is 1.64. The van der Waals surface area contributed by atoms with Crippen LogP contribution >= 0.6 is 0 Å². The van der Waals surface area contributed by atoms with Crippen molar-refractivity contribution < 1.29 is 14.5 Å². The summed E-state index contributed by atoms with van der Waals surface area (Å²) < 4.78 is 5.32. The molecule has 6 nitrogen and oxygen atoms in total. The second kappa shape index (κ2) is 4.41. The molecule has 2 unspecified atom stereocenters. The number of hydrogen-bond donors (Lipinski definition) is 0. The van der Waals surface area contributed by atoms with Crippen LogP contribution in [0.2, 0.25) is 0 Å². The molecule has 5 rings (SSSR count). The van der Waals surface area contributed by atoms with E-state index in [9.17, 15) is 14.9 Å². The number of nitro groups is 1. The lowest BCUT2D eigenvalue weighted by atomic mass is 9.46. The molecule has 116 valence electrons. The Morgan fingerprint density at radius 1 is 1.14 bits per heavy atom. The fourth-order valence-electron chi connectivity index (χ4n) is 5.78. The van der Waals surface area contributed by atoms with Crippen LogP contribution in [0.3, 0.4) is 0 Å². The van der Waals surface area contributed by atoms with Crippen molar-refractivity contribution in [2.45, 2.75) is 44.1 Å². The number of amides is 1. The molecule has 1 heterocycles. The van der Waals surface area contributed by atoms with Crippen LogP contribution in [0.1, 0.15) is 38.5 Å². The maximum Gasteiger partial charge on any atom is 0.229 e. The molecule has 0 spiro atoms. The molecular formula is C15H22N2O4. The van der Waals surface area contributed by atoms with Crippen molar-refractivity contribution in [1.82, 2.24) is 4.90 Å². The zero-order valence-electron chi connectivity index (χ0n) is 12.3. The van der Waals surface area contributed by atoms with Gasteiger partial charge in [0.15, 0.2) is 0 Å². The van der Waals surface area contributed by atoms with Gasteiger partial charge in [0, 0.05) is 37.3 Å². The molecule has 0 N–H and O–H groups in total. The van der Waals surface area contributed by atoms with E-state index in [1.54, 1.807) is 0 Å². The Morgan fingerprint density at radius 2 is 1.76 bits per heavy atom. The molecule has 5 fully saturated rings. The predicted molar refractivity (Wildman–Crippen MR) is 74.2 cm³/mol. The molecule has 6 heteroatoms. The third-order valence-electron chi connectivity index (χ3n) is 6.17. The first-order valence-corrected chi connectivity index (χ1v) is 8.05. The average Bonchev–Trinajstić information content (AvgIpc) is 2.46. The summed E-state index contributed by atoms with van der Waals surface area (Å²) in [5, 5.41) is 11.7. The Labute approximate surface area is 124 Å². The highest BCUT2D eigenvalue weighted by molar-refractivity contribution is 5.83. The number of nitrogens with zero attached hydrogens (tertiary/aromatic N) is 2. The summed E-state index contributed by atoms with van der Waals surface area (Å²) >= 11 is 0. The Kier molecular flexibility index (Phi) is 2.83. The van der Waals surface area contributed by atoms with Crippen LogP contribution in [0.5, 0.6) is 0 Å². The molecule has 2 atom stereocenters. The second-order valence-corrected chi connectivity index (χ2v) is 7.63. The lowest BCUT2D eigenvalue weighted by Crippen LogP contribution is -2.63. The van der Waals surface area contributed by atoms with Gasteiger partial charge < -0.3 is 9.64 Å². The topological polar surface area (TPSA) is 72.7 Å². The standard InChI is InChI=1S/C15H22N2O4/c18-13(16-1-3-21-4-2-16)14-6-11-5-12(7-14)9-15(8-11,10-14)17(19)20/h11-12H,1-10H2. The van der Waals surface area contributed by atoms with Gasteiger partial charge in [-0.2, -0.15) is 0 Å². The van der Waals surface area contributed by atoms with E-state index < -0.39 is 11.0 Å². The van der Waals surface area contributed by atoms with Crippen LogP contribution in [-0.2, 0) is 9.53 Å². The minimum absolute atomic E-state index is 0.0637. The summed E-state index contributed by atoms with van der Waals surface area (Å²) in [4.78, 5) is 26.5. The van der Waals surface area contributed by atoms with Crippen molar-refractivity contribution in [3.8, 4) is 0 Å². The maximum absolute atomic E-state index is 13.1. The summed E-state index contributed by atoms with van der Waals surface area (Å²) in [7, 11) is 0. The number of carbonyl (C=O) groups excluding carboxylic acids is 1. The molecule has 4 bridgehead atoms. The summed E-state index contributed by atoms with van der Waals surface area (Å²) in [5.41, 5.74) is -1.26. The van der Waals surface area contributed by atoms with Gasteiger partial charge in [-0.1, -0.05) is 0 Å². The molecule has 1 aliphatic heterocycles. The monoisotopic (exact) mass is 294 g/mol. The van der Waals surface area contributed by atoms with Gasteiger partial charge in [-0.05, 0) is 31.1 Å². The first kappa shape index (κ1) is 13.5. The minimum Gasteiger partial charge on any atom is -0.378 e. The fraction of sp³-hybridized carbons (Fsp3) is 0.933. The highest BCUT2D eigenvalue weighted by Crippen LogP contribution is 2.63. The van der Waals surface area contributed by atoms with Crippen LogP contribution < -0.4 is 0 Å². The van der Waals surface area contributed by atoms with Crippen molar-refractivity contribution in [2.75, 3.05) is 26.3 Å². The van der Waals surface area contributed by atoms with Crippen molar-refractivity contribution >= 4 is 5.91 Å². The molecule has 0 aromatic carbocycles.